The predicted octanol–water partition coefficient (Wildman–Crippen LogP) is 3.97. The van der Waals surface area contributed by atoms with Crippen molar-refractivity contribution in [2.75, 3.05) is 44.2 Å². The topological polar surface area (TPSA) is 26.8 Å². The third-order valence-electron chi connectivity index (χ3n) is 6.34. The normalized spacial score (nSPS) is 20.4. The molecule has 1 amide bonds. The summed E-state index contributed by atoms with van der Waals surface area (Å²) >= 11 is 0. The lowest BCUT2D eigenvalue weighted by molar-refractivity contribution is -0.136. The molecule has 27 heavy (non-hydrogen) atoms. The van der Waals surface area contributed by atoms with Gasteiger partial charge >= 0.3 is 0 Å². The van der Waals surface area contributed by atoms with Gasteiger partial charge in [-0.2, -0.15) is 0 Å². The molecule has 0 radical (unpaired) electrons. The SMILES string of the molecule is CC(C)c1ccc(N2CCC(C(=O)N3CCCN(C(C)C)CC3)CC2)cc1. The summed E-state index contributed by atoms with van der Waals surface area (Å²) in [5.74, 6) is 1.18. The van der Waals surface area contributed by atoms with Crippen LogP contribution in [0.1, 0.15) is 58.4 Å². The van der Waals surface area contributed by atoms with Gasteiger partial charge in [-0.25, -0.2) is 0 Å². The monoisotopic (exact) mass is 371 g/mol. The maximum atomic E-state index is 13.0. The van der Waals surface area contributed by atoms with E-state index in [0.29, 0.717) is 17.9 Å². The Balaban J connectivity index is 1.51. The Labute approximate surface area is 165 Å². The maximum absolute atomic E-state index is 13.0. The summed E-state index contributed by atoms with van der Waals surface area (Å²) < 4.78 is 0. The van der Waals surface area contributed by atoms with E-state index in [1.807, 2.05) is 0 Å². The minimum absolute atomic E-state index is 0.210. The lowest BCUT2D eigenvalue weighted by Crippen LogP contribution is -2.44. The van der Waals surface area contributed by atoms with Crippen molar-refractivity contribution in [3.63, 3.8) is 0 Å². The molecule has 1 aromatic carbocycles. The quantitative estimate of drug-likeness (QED) is 0.801. The van der Waals surface area contributed by atoms with E-state index in [9.17, 15) is 4.79 Å². The van der Waals surface area contributed by atoms with Crippen molar-refractivity contribution in [2.45, 2.75) is 58.9 Å². The van der Waals surface area contributed by atoms with Gasteiger partial charge in [0.05, 0.1) is 0 Å². The first-order valence-corrected chi connectivity index (χ1v) is 10.8. The van der Waals surface area contributed by atoms with Crippen LogP contribution in [0.25, 0.3) is 0 Å². The Morgan fingerprint density at radius 2 is 1.56 bits per heavy atom. The van der Waals surface area contributed by atoms with Gasteiger partial charge in [0.25, 0.3) is 0 Å². The van der Waals surface area contributed by atoms with Gasteiger partial charge in [-0.05, 0) is 56.7 Å². The van der Waals surface area contributed by atoms with Crippen molar-refractivity contribution in [1.82, 2.24) is 9.80 Å². The smallest absolute Gasteiger partial charge is 0.225 e. The molecule has 2 heterocycles. The summed E-state index contributed by atoms with van der Waals surface area (Å²) in [6.07, 6.45) is 3.06. The predicted molar refractivity (Wildman–Crippen MR) is 113 cm³/mol. The van der Waals surface area contributed by atoms with Gasteiger partial charge in [-0.15, -0.1) is 0 Å². The van der Waals surface area contributed by atoms with E-state index in [1.54, 1.807) is 0 Å². The second-order valence-electron chi connectivity index (χ2n) is 8.82. The fourth-order valence-corrected chi connectivity index (χ4v) is 4.39. The van der Waals surface area contributed by atoms with Crippen molar-refractivity contribution < 1.29 is 4.79 Å². The molecule has 2 saturated heterocycles. The first-order chi connectivity index (χ1) is 13.0. The molecule has 0 N–H and O–H groups in total. The lowest BCUT2D eigenvalue weighted by Gasteiger charge is -2.35. The van der Waals surface area contributed by atoms with Crippen molar-refractivity contribution >= 4 is 11.6 Å². The van der Waals surface area contributed by atoms with Crippen LogP contribution in [0.4, 0.5) is 5.69 Å². The van der Waals surface area contributed by atoms with Gasteiger partial charge in [0.1, 0.15) is 0 Å². The summed E-state index contributed by atoms with van der Waals surface area (Å²) in [6, 6.07) is 9.55. The number of nitrogens with zero attached hydrogens (tertiary/aromatic N) is 3. The van der Waals surface area contributed by atoms with E-state index < -0.39 is 0 Å². The van der Waals surface area contributed by atoms with E-state index >= 15 is 0 Å². The first kappa shape index (κ1) is 20.2. The van der Waals surface area contributed by atoms with Crippen molar-refractivity contribution in [3.8, 4) is 0 Å². The highest BCUT2D eigenvalue weighted by molar-refractivity contribution is 5.79. The Hall–Kier alpha value is -1.55. The van der Waals surface area contributed by atoms with Crippen molar-refractivity contribution in [1.29, 1.82) is 0 Å². The molecule has 2 fully saturated rings. The highest BCUT2D eigenvalue weighted by Crippen LogP contribution is 2.26. The number of benzene rings is 1. The zero-order valence-electron chi connectivity index (χ0n) is 17.7. The third kappa shape index (κ3) is 5.04. The zero-order valence-corrected chi connectivity index (χ0v) is 17.7. The molecule has 4 heteroatoms. The van der Waals surface area contributed by atoms with Gasteiger partial charge in [-0.3, -0.25) is 9.69 Å². The Bertz CT molecular complexity index is 603. The zero-order chi connectivity index (χ0) is 19.4. The number of carbonyl (C=O) groups is 1. The molecule has 1 aromatic rings. The Morgan fingerprint density at radius 1 is 0.889 bits per heavy atom. The molecule has 2 aliphatic rings. The number of rotatable bonds is 4. The standard InChI is InChI=1S/C23H37N3O/c1-18(2)20-6-8-22(9-7-20)25-14-10-21(11-15-25)23(27)26-13-5-12-24(16-17-26)19(3)4/h6-9,18-19,21H,5,10-17H2,1-4H3. The van der Waals surface area contributed by atoms with Crippen LogP contribution in [0.3, 0.4) is 0 Å². The molecular weight excluding hydrogens is 334 g/mol. The van der Waals surface area contributed by atoms with Crippen LogP contribution in [0.2, 0.25) is 0 Å². The van der Waals surface area contributed by atoms with E-state index in [0.717, 1.165) is 58.5 Å². The van der Waals surface area contributed by atoms with Gasteiger partial charge < -0.3 is 9.80 Å². The molecule has 4 nitrogen and oxygen atoms in total. The average Bonchev–Trinajstić information content (AvgIpc) is 2.94. The molecule has 0 aliphatic carbocycles. The number of carbonyl (C=O) groups excluding carboxylic acids is 1. The molecule has 0 saturated carbocycles. The van der Waals surface area contributed by atoms with Gasteiger partial charge in [-0.1, -0.05) is 26.0 Å². The summed E-state index contributed by atoms with van der Waals surface area (Å²) in [5.41, 5.74) is 2.69. The molecule has 150 valence electrons. The number of piperidine rings is 1. The van der Waals surface area contributed by atoms with Crippen LogP contribution in [0.15, 0.2) is 24.3 Å². The van der Waals surface area contributed by atoms with E-state index in [2.05, 4.69) is 66.7 Å². The molecule has 3 rings (SSSR count). The summed E-state index contributed by atoms with van der Waals surface area (Å²) in [7, 11) is 0. The number of hydrogen-bond acceptors (Lipinski definition) is 3. The second-order valence-corrected chi connectivity index (χ2v) is 8.82. The molecule has 0 aromatic heterocycles. The fourth-order valence-electron chi connectivity index (χ4n) is 4.39. The summed E-state index contributed by atoms with van der Waals surface area (Å²) in [4.78, 5) is 20.1. The number of hydrogen-bond donors (Lipinski definition) is 0. The summed E-state index contributed by atoms with van der Waals surface area (Å²) in [6.45, 7) is 14.9. The van der Waals surface area contributed by atoms with Gasteiger partial charge in [0.15, 0.2) is 0 Å². The minimum atomic E-state index is 0.210. The molecule has 0 spiro atoms. The van der Waals surface area contributed by atoms with Crippen LogP contribution < -0.4 is 4.90 Å². The Morgan fingerprint density at radius 3 is 2.15 bits per heavy atom. The molecule has 0 atom stereocenters. The van der Waals surface area contributed by atoms with Gasteiger partial charge in [0.2, 0.25) is 5.91 Å². The van der Waals surface area contributed by atoms with Crippen molar-refractivity contribution in [2.24, 2.45) is 5.92 Å². The maximum Gasteiger partial charge on any atom is 0.225 e. The largest absolute Gasteiger partial charge is 0.371 e. The number of amides is 1. The average molecular weight is 372 g/mol. The van der Waals surface area contributed by atoms with E-state index in [-0.39, 0.29) is 5.92 Å². The van der Waals surface area contributed by atoms with Gasteiger partial charge in [0, 0.05) is 56.9 Å². The molecular formula is C23H37N3O. The fraction of sp³-hybridized carbons (Fsp3) is 0.696. The molecule has 0 unspecified atom stereocenters. The van der Waals surface area contributed by atoms with Crippen LogP contribution in [0.5, 0.6) is 0 Å². The molecule has 0 bridgehead atoms. The highest BCUT2D eigenvalue weighted by Gasteiger charge is 2.30. The van der Waals surface area contributed by atoms with Crippen LogP contribution >= 0.6 is 0 Å². The van der Waals surface area contributed by atoms with E-state index in [1.165, 1.54) is 11.3 Å². The van der Waals surface area contributed by atoms with Crippen LogP contribution in [0, 0.1) is 5.92 Å². The lowest BCUT2D eigenvalue weighted by atomic mass is 9.94. The van der Waals surface area contributed by atoms with Crippen LogP contribution in [-0.2, 0) is 4.79 Å². The Kier molecular flexibility index (Phi) is 6.80. The third-order valence-corrected chi connectivity index (χ3v) is 6.34. The first-order valence-electron chi connectivity index (χ1n) is 10.8. The van der Waals surface area contributed by atoms with Crippen LogP contribution in [-0.4, -0.2) is 61.0 Å². The number of anilines is 1. The molecule has 2 aliphatic heterocycles. The van der Waals surface area contributed by atoms with Crippen molar-refractivity contribution in [3.05, 3.63) is 29.8 Å². The summed E-state index contributed by atoms with van der Waals surface area (Å²) in [5, 5.41) is 0. The highest BCUT2D eigenvalue weighted by atomic mass is 16.2. The minimum Gasteiger partial charge on any atom is -0.371 e. The second kappa shape index (κ2) is 9.09. The van der Waals surface area contributed by atoms with E-state index in [4.69, 9.17) is 0 Å².